The van der Waals surface area contributed by atoms with E-state index in [0.717, 1.165) is 0 Å². The van der Waals surface area contributed by atoms with Gasteiger partial charge in [0.2, 0.25) is 0 Å². The standard InChI is InChI=1S/C9H13NO4S/c1-6(2)15-5-9(13)14-10-7(11)3-4-8(10)12/h6H,3-5H2,1-2H3/i3D. The van der Waals surface area contributed by atoms with Crippen molar-refractivity contribution in [2.24, 2.45) is 0 Å². The Morgan fingerprint density at radius 1 is 1.60 bits per heavy atom. The molecule has 1 saturated heterocycles. The van der Waals surface area contributed by atoms with Gasteiger partial charge in [0, 0.05) is 14.2 Å². The average Bonchev–Trinajstić information content (AvgIpc) is 2.42. The fourth-order valence-corrected chi connectivity index (χ4v) is 1.44. The lowest BCUT2D eigenvalue weighted by Gasteiger charge is -2.12. The fraction of sp³-hybridized carbons (Fsp3) is 0.667. The van der Waals surface area contributed by atoms with E-state index in [0.29, 0.717) is 5.06 Å². The first-order valence-electron chi connectivity index (χ1n) is 5.11. The third-order valence-electron chi connectivity index (χ3n) is 1.61. The van der Waals surface area contributed by atoms with Gasteiger partial charge >= 0.3 is 5.97 Å². The zero-order valence-corrected chi connectivity index (χ0v) is 9.37. The van der Waals surface area contributed by atoms with Gasteiger partial charge in [0.15, 0.2) is 0 Å². The molecule has 0 radical (unpaired) electrons. The Kier molecular flexibility index (Phi) is 3.60. The predicted octanol–water partition coefficient (Wildman–Crippen LogP) is 0.735. The average molecular weight is 232 g/mol. The molecule has 15 heavy (non-hydrogen) atoms. The molecule has 1 unspecified atom stereocenters. The Bertz CT molecular complexity index is 321. The van der Waals surface area contributed by atoms with E-state index in [2.05, 4.69) is 4.84 Å². The van der Waals surface area contributed by atoms with Crippen LogP contribution in [0.3, 0.4) is 0 Å². The van der Waals surface area contributed by atoms with E-state index < -0.39 is 24.2 Å². The monoisotopic (exact) mass is 232 g/mol. The highest BCUT2D eigenvalue weighted by Gasteiger charge is 2.32. The van der Waals surface area contributed by atoms with E-state index in [4.69, 9.17) is 1.37 Å². The van der Waals surface area contributed by atoms with Crippen LogP contribution in [0, 0.1) is 0 Å². The maximum absolute atomic E-state index is 11.3. The lowest BCUT2D eigenvalue weighted by Crippen LogP contribution is -2.32. The van der Waals surface area contributed by atoms with Crippen LogP contribution < -0.4 is 0 Å². The summed E-state index contributed by atoms with van der Waals surface area (Å²) < 4.78 is 7.20. The highest BCUT2D eigenvalue weighted by atomic mass is 32.2. The maximum Gasteiger partial charge on any atom is 0.342 e. The minimum Gasteiger partial charge on any atom is -0.329 e. The summed E-state index contributed by atoms with van der Waals surface area (Å²) in [6, 6.07) is 0. The lowest BCUT2D eigenvalue weighted by molar-refractivity contribution is -0.195. The van der Waals surface area contributed by atoms with Crippen LogP contribution >= 0.6 is 11.8 Å². The van der Waals surface area contributed by atoms with Crippen molar-refractivity contribution in [3.8, 4) is 0 Å². The summed E-state index contributed by atoms with van der Waals surface area (Å²) in [6.07, 6.45) is -1.36. The van der Waals surface area contributed by atoms with Crippen LogP contribution in [0.4, 0.5) is 0 Å². The Morgan fingerprint density at radius 3 is 2.73 bits per heavy atom. The molecule has 1 aliphatic heterocycles. The molecule has 0 aromatic rings. The molecule has 1 atom stereocenters. The number of nitrogens with zero attached hydrogens (tertiary/aromatic N) is 1. The Labute approximate surface area is 93.5 Å². The molecule has 1 fully saturated rings. The van der Waals surface area contributed by atoms with Gasteiger partial charge in [0.1, 0.15) is 0 Å². The molecule has 84 valence electrons. The highest BCUT2D eigenvalue weighted by molar-refractivity contribution is 8.00. The van der Waals surface area contributed by atoms with Gasteiger partial charge in [-0.25, -0.2) is 4.79 Å². The summed E-state index contributed by atoms with van der Waals surface area (Å²) >= 11 is 1.36. The SMILES string of the molecule is [2H]C1CC(=O)N(OC(=O)CSC(C)C)C1=O. The first-order valence-corrected chi connectivity index (χ1v) is 5.58. The summed E-state index contributed by atoms with van der Waals surface area (Å²) in [5.41, 5.74) is 0. The number of hydrogen-bond acceptors (Lipinski definition) is 5. The second-order valence-corrected chi connectivity index (χ2v) is 4.82. The summed E-state index contributed by atoms with van der Waals surface area (Å²) in [6.45, 7) is 3.84. The number of carbonyl (C=O) groups excluding carboxylic acids is 3. The molecular weight excluding hydrogens is 218 g/mol. The van der Waals surface area contributed by atoms with E-state index in [1.165, 1.54) is 11.8 Å². The molecule has 2 amide bonds. The van der Waals surface area contributed by atoms with Crippen LogP contribution in [-0.4, -0.2) is 33.8 Å². The molecule has 0 aromatic carbocycles. The summed E-state index contributed by atoms with van der Waals surface area (Å²) in [5.74, 6) is -1.97. The van der Waals surface area contributed by atoms with Gasteiger partial charge in [-0.2, -0.15) is 0 Å². The number of imide groups is 1. The number of carbonyl (C=O) groups is 3. The minimum atomic E-state index is -1.14. The molecular formula is C9H13NO4S. The zero-order valence-electron chi connectivity index (χ0n) is 9.56. The lowest BCUT2D eigenvalue weighted by atomic mass is 10.4. The zero-order chi connectivity index (χ0) is 12.3. The van der Waals surface area contributed by atoms with Crippen LogP contribution in [0.15, 0.2) is 0 Å². The van der Waals surface area contributed by atoms with Gasteiger partial charge in [-0.05, 0) is 5.25 Å². The molecule has 0 saturated carbocycles. The quantitative estimate of drug-likeness (QED) is 0.669. The summed E-state index contributed by atoms with van der Waals surface area (Å²) in [4.78, 5) is 38.3. The van der Waals surface area contributed by atoms with E-state index >= 15 is 0 Å². The van der Waals surface area contributed by atoms with E-state index in [9.17, 15) is 14.4 Å². The number of amides is 2. The van der Waals surface area contributed by atoms with E-state index in [-0.39, 0.29) is 17.4 Å². The van der Waals surface area contributed by atoms with Gasteiger partial charge in [0.25, 0.3) is 11.8 Å². The first-order chi connectivity index (χ1) is 7.41. The molecule has 1 aliphatic rings. The van der Waals surface area contributed by atoms with Crippen molar-refractivity contribution >= 4 is 29.5 Å². The maximum atomic E-state index is 11.3. The molecule has 6 heteroatoms. The van der Waals surface area contributed by atoms with E-state index in [1.807, 2.05) is 13.8 Å². The molecule has 0 spiro atoms. The third-order valence-corrected chi connectivity index (χ3v) is 2.67. The number of hydrogen-bond donors (Lipinski definition) is 0. The summed E-state index contributed by atoms with van der Waals surface area (Å²) in [7, 11) is 0. The van der Waals surface area contributed by atoms with Crippen molar-refractivity contribution in [1.29, 1.82) is 0 Å². The van der Waals surface area contributed by atoms with Gasteiger partial charge in [-0.3, -0.25) is 9.59 Å². The largest absolute Gasteiger partial charge is 0.342 e. The van der Waals surface area contributed by atoms with Crippen molar-refractivity contribution in [3.63, 3.8) is 0 Å². The van der Waals surface area contributed by atoms with Crippen LogP contribution in [0.1, 0.15) is 28.0 Å². The fourth-order valence-electron chi connectivity index (χ4n) is 0.922. The van der Waals surface area contributed by atoms with Crippen molar-refractivity contribution < 1.29 is 20.6 Å². The second-order valence-electron chi connectivity index (χ2n) is 3.26. The van der Waals surface area contributed by atoms with Crippen LogP contribution in [0.2, 0.25) is 0 Å². The molecule has 5 nitrogen and oxygen atoms in total. The number of rotatable bonds is 4. The molecule has 0 N–H and O–H groups in total. The molecule has 1 heterocycles. The molecule has 1 rings (SSSR count). The number of hydroxylamine groups is 2. The molecule has 0 aromatic heterocycles. The normalized spacial score (nSPS) is 22.2. The van der Waals surface area contributed by atoms with Crippen molar-refractivity contribution in [3.05, 3.63) is 0 Å². The molecule has 0 aliphatic carbocycles. The smallest absolute Gasteiger partial charge is 0.329 e. The van der Waals surface area contributed by atoms with Gasteiger partial charge < -0.3 is 4.84 Å². The Morgan fingerprint density at radius 2 is 2.27 bits per heavy atom. The van der Waals surface area contributed by atoms with Crippen molar-refractivity contribution in [2.75, 3.05) is 5.75 Å². The van der Waals surface area contributed by atoms with Crippen molar-refractivity contribution in [2.45, 2.75) is 31.9 Å². The van der Waals surface area contributed by atoms with Crippen molar-refractivity contribution in [1.82, 2.24) is 5.06 Å². The topological polar surface area (TPSA) is 63.7 Å². The Hall–Kier alpha value is -1.04. The minimum absolute atomic E-state index is 0.0807. The van der Waals surface area contributed by atoms with E-state index in [1.54, 1.807) is 0 Å². The third kappa shape index (κ3) is 3.54. The van der Waals surface area contributed by atoms with Crippen LogP contribution in [0.5, 0.6) is 0 Å². The summed E-state index contributed by atoms with van der Waals surface area (Å²) in [5, 5.41) is 0.669. The van der Waals surface area contributed by atoms with Gasteiger partial charge in [-0.15, -0.1) is 16.8 Å². The highest BCUT2D eigenvalue weighted by Crippen LogP contribution is 2.14. The second kappa shape index (κ2) is 5.16. The Balaban J connectivity index is 2.45. The van der Waals surface area contributed by atoms with Gasteiger partial charge in [0.05, 0.1) is 5.75 Å². The predicted molar refractivity (Wildman–Crippen MR) is 54.8 cm³/mol. The number of thioether (sulfide) groups is 1. The van der Waals surface area contributed by atoms with Crippen LogP contribution in [0.25, 0.3) is 0 Å². The molecule has 0 bridgehead atoms. The van der Waals surface area contributed by atoms with Gasteiger partial charge in [-0.1, -0.05) is 13.8 Å². The van der Waals surface area contributed by atoms with Crippen LogP contribution in [-0.2, 0) is 19.2 Å². The first kappa shape index (κ1) is 10.5.